The lowest BCUT2D eigenvalue weighted by molar-refractivity contribution is -0.122. The van der Waals surface area contributed by atoms with E-state index < -0.39 is 17.8 Å². The summed E-state index contributed by atoms with van der Waals surface area (Å²) in [5.41, 5.74) is 3.41. The molecule has 9 nitrogen and oxygen atoms in total. The van der Waals surface area contributed by atoms with Gasteiger partial charge in [-0.05, 0) is 85.1 Å². The van der Waals surface area contributed by atoms with Crippen molar-refractivity contribution in [1.82, 2.24) is 5.32 Å². The standard InChI is InChI=1S/C28H25N3O6/c1-17-7-8-20(13-18(17)2)29-25(32)16-37-23-6-4-5-19(14-23)15-24-26(33)30-28(35)31(27(24)34)21-9-11-22(36-3)12-10-21/h4-15H,16H2,1-3H3,(H,29,32)(H,30,33,35)/b24-15+. The number of hydrogen-bond donors (Lipinski definition) is 2. The fraction of sp³-hybridized carbons (Fsp3) is 0.143. The van der Waals surface area contributed by atoms with Crippen molar-refractivity contribution in [3.8, 4) is 11.5 Å². The zero-order valence-electron chi connectivity index (χ0n) is 20.5. The highest BCUT2D eigenvalue weighted by Crippen LogP contribution is 2.25. The van der Waals surface area contributed by atoms with Gasteiger partial charge in [-0.3, -0.25) is 19.7 Å². The third kappa shape index (κ3) is 5.84. The molecule has 0 aliphatic carbocycles. The van der Waals surface area contributed by atoms with E-state index in [9.17, 15) is 19.2 Å². The predicted molar refractivity (Wildman–Crippen MR) is 138 cm³/mol. The van der Waals surface area contributed by atoms with Gasteiger partial charge in [0.25, 0.3) is 17.7 Å². The highest BCUT2D eigenvalue weighted by Gasteiger charge is 2.36. The van der Waals surface area contributed by atoms with Crippen LogP contribution in [0.2, 0.25) is 0 Å². The Bertz CT molecular complexity index is 1410. The number of carbonyl (C=O) groups is 4. The Labute approximate surface area is 213 Å². The summed E-state index contributed by atoms with van der Waals surface area (Å²) in [4.78, 5) is 51.1. The Morgan fingerprint density at radius 3 is 2.41 bits per heavy atom. The third-order valence-electron chi connectivity index (χ3n) is 5.76. The number of nitrogens with one attached hydrogen (secondary N) is 2. The van der Waals surface area contributed by atoms with Crippen LogP contribution < -0.4 is 25.0 Å². The first-order valence-corrected chi connectivity index (χ1v) is 11.4. The summed E-state index contributed by atoms with van der Waals surface area (Å²) in [5.74, 6) is -0.976. The van der Waals surface area contributed by atoms with Gasteiger partial charge < -0.3 is 14.8 Å². The number of imide groups is 2. The lowest BCUT2D eigenvalue weighted by Crippen LogP contribution is -2.54. The number of methoxy groups -OCH3 is 1. The Morgan fingerprint density at radius 2 is 1.70 bits per heavy atom. The van der Waals surface area contributed by atoms with E-state index in [1.54, 1.807) is 48.5 Å². The van der Waals surface area contributed by atoms with Crippen molar-refractivity contribution in [2.75, 3.05) is 23.9 Å². The molecule has 0 bridgehead atoms. The zero-order chi connectivity index (χ0) is 26.5. The second kappa shape index (κ2) is 10.8. The summed E-state index contributed by atoms with van der Waals surface area (Å²) < 4.78 is 10.7. The van der Waals surface area contributed by atoms with Gasteiger partial charge in [0, 0.05) is 5.69 Å². The van der Waals surface area contributed by atoms with Gasteiger partial charge in [-0.2, -0.15) is 0 Å². The van der Waals surface area contributed by atoms with Crippen LogP contribution in [0.25, 0.3) is 6.08 Å². The van der Waals surface area contributed by atoms with Crippen molar-refractivity contribution in [1.29, 1.82) is 0 Å². The summed E-state index contributed by atoms with van der Waals surface area (Å²) in [7, 11) is 1.50. The van der Waals surface area contributed by atoms with Gasteiger partial charge in [-0.15, -0.1) is 0 Å². The number of ether oxygens (including phenoxy) is 2. The van der Waals surface area contributed by atoms with Crippen LogP contribution in [0.1, 0.15) is 16.7 Å². The summed E-state index contributed by atoms with van der Waals surface area (Å²) in [6.07, 6.45) is 1.36. The number of benzene rings is 3. The summed E-state index contributed by atoms with van der Waals surface area (Å²) in [6.45, 7) is 3.72. The minimum atomic E-state index is -0.843. The molecule has 3 aromatic rings. The zero-order valence-corrected chi connectivity index (χ0v) is 20.5. The van der Waals surface area contributed by atoms with Crippen LogP contribution in [0.4, 0.5) is 16.2 Å². The molecule has 5 amide bonds. The lowest BCUT2D eigenvalue weighted by Gasteiger charge is -2.26. The van der Waals surface area contributed by atoms with Crippen LogP contribution >= 0.6 is 0 Å². The molecule has 37 heavy (non-hydrogen) atoms. The Hall–Kier alpha value is -4.92. The van der Waals surface area contributed by atoms with Crippen molar-refractivity contribution in [2.24, 2.45) is 0 Å². The Balaban J connectivity index is 1.47. The van der Waals surface area contributed by atoms with Crippen molar-refractivity contribution in [3.05, 3.63) is 89.0 Å². The number of nitrogens with zero attached hydrogens (tertiary/aromatic N) is 1. The molecule has 0 radical (unpaired) electrons. The SMILES string of the molecule is COc1ccc(N2C(=O)NC(=O)/C(=C\c3cccc(OCC(=O)Nc4ccc(C)c(C)c4)c3)C2=O)cc1. The van der Waals surface area contributed by atoms with Crippen molar-refractivity contribution < 1.29 is 28.7 Å². The second-order valence-electron chi connectivity index (χ2n) is 8.36. The topological polar surface area (TPSA) is 114 Å². The molecule has 0 atom stereocenters. The fourth-order valence-corrected chi connectivity index (χ4v) is 3.65. The summed E-state index contributed by atoms with van der Waals surface area (Å²) >= 11 is 0. The van der Waals surface area contributed by atoms with Gasteiger partial charge >= 0.3 is 6.03 Å². The molecule has 1 heterocycles. The molecule has 188 valence electrons. The maximum Gasteiger partial charge on any atom is 0.335 e. The molecule has 0 saturated carbocycles. The van der Waals surface area contributed by atoms with E-state index in [2.05, 4.69) is 10.6 Å². The monoisotopic (exact) mass is 499 g/mol. The molecule has 1 aliphatic heterocycles. The molecule has 1 aliphatic rings. The molecule has 4 rings (SSSR count). The Morgan fingerprint density at radius 1 is 0.946 bits per heavy atom. The number of carbonyl (C=O) groups excluding carboxylic acids is 4. The molecule has 0 aromatic heterocycles. The van der Waals surface area contributed by atoms with E-state index >= 15 is 0 Å². The quantitative estimate of drug-likeness (QED) is 0.375. The molecule has 2 N–H and O–H groups in total. The summed E-state index contributed by atoms with van der Waals surface area (Å²) in [5, 5.41) is 4.97. The van der Waals surface area contributed by atoms with E-state index in [0.717, 1.165) is 16.0 Å². The van der Waals surface area contributed by atoms with Gasteiger partial charge in [0.2, 0.25) is 0 Å². The van der Waals surface area contributed by atoms with Crippen LogP contribution in [0.5, 0.6) is 11.5 Å². The first kappa shape index (κ1) is 25.2. The number of amides is 5. The first-order chi connectivity index (χ1) is 17.7. The van der Waals surface area contributed by atoms with Crippen molar-refractivity contribution in [3.63, 3.8) is 0 Å². The van der Waals surface area contributed by atoms with Gasteiger partial charge in [-0.1, -0.05) is 18.2 Å². The lowest BCUT2D eigenvalue weighted by atomic mass is 10.1. The van der Waals surface area contributed by atoms with Crippen molar-refractivity contribution in [2.45, 2.75) is 13.8 Å². The van der Waals surface area contributed by atoms with Crippen LogP contribution in [0.15, 0.2) is 72.3 Å². The van der Waals surface area contributed by atoms with Gasteiger partial charge in [0.1, 0.15) is 17.1 Å². The smallest absolute Gasteiger partial charge is 0.335 e. The molecule has 0 spiro atoms. The fourth-order valence-electron chi connectivity index (χ4n) is 3.65. The molecule has 3 aromatic carbocycles. The average Bonchev–Trinajstić information content (AvgIpc) is 2.88. The number of urea groups is 1. The normalized spacial score (nSPS) is 14.4. The molecule has 1 fully saturated rings. The van der Waals surface area contributed by atoms with E-state index in [1.165, 1.54) is 13.2 Å². The van der Waals surface area contributed by atoms with E-state index in [-0.39, 0.29) is 23.8 Å². The number of anilines is 2. The number of rotatable bonds is 7. The maximum atomic E-state index is 13.1. The minimum Gasteiger partial charge on any atom is -0.497 e. The third-order valence-corrected chi connectivity index (χ3v) is 5.76. The molecule has 0 unspecified atom stereocenters. The van der Waals surface area contributed by atoms with Crippen LogP contribution in [-0.4, -0.2) is 37.5 Å². The highest BCUT2D eigenvalue weighted by molar-refractivity contribution is 6.39. The Kier molecular flexibility index (Phi) is 7.34. The average molecular weight is 500 g/mol. The molecular formula is C28H25N3O6. The van der Waals surface area contributed by atoms with Gasteiger partial charge in [0.15, 0.2) is 6.61 Å². The minimum absolute atomic E-state index is 0.222. The number of hydrogen-bond acceptors (Lipinski definition) is 6. The van der Waals surface area contributed by atoms with Crippen LogP contribution in [0, 0.1) is 13.8 Å². The first-order valence-electron chi connectivity index (χ1n) is 11.4. The van der Waals surface area contributed by atoms with Gasteiger partial charge in [0.05, 0.1) is 12.8 Å². The van der Waals surface area contributed by atoms with Gasteiger partial charge in [-0.25, -0.2) is 9.69 Å². The summed E-state index contributed by atoms with van der Waals surface area (Å²) in [6, 6.07) is 17.7. The second-order valence-corrected chi connectivity index (χ2v) is 8.36. The maximum absolute atomic E-state index is 13.1. The molecule has 9 heteroatoms. The van der Waals surface area contributed by atoms with Crippen LogP contribution in [0.3, 0.4) is 0 Å². The van der Waals surface area contributed by atoms with E-state index in [0.29, 0.717) is 22.7 Å². The van der Waals surface area contributed by atoms with Crippen molar-refractivity contribution >= 4 is 41.2 Å². The molecular weight excluding hydrogens is 474 g/mol. The number of aryl methyl sites for hydroxylation is 2. The largest absolute Gasteiger partial charge is 0.497 e. The number of barbiturate groups is 1. The van der Waals surface area contributed by atoms with E-state index in [1.807, 2.05) is 32.0 Å². The predicted octanol–water partition coefficient (Wildman–Crippen LogP) is 4.00. The highest BCUT2D eigenvalue weighted by atomic mass is 16.5. The van der Waals surface area contributed by atoms with E-state index in [4.69, 9.17) is 9.47 Å². The van der Waals surface area contributed by atoms with Crippen LogP contribution in [-0.2, 0) is 14.4 Å². The molecule has 1 saturated heterocycles.